The molecule has 2 aromatic rings. The van der Waals surface area contributed by atoms with Crippen LogP contribution in [0.25, 0.3) is 17.6 Å². The third-order valence-electron chi connectivity index (χ3n) is 2.24. The molecule has 0 unspecified atom stereocenters. The van der Waals surface area contributed by atoms with Crippen LogP contribution in [0.2, 0.25) is 10.3 Å². The first kappa shape index (κ1) is 15.5. The Hall–Kier alpha value is -1.92. The highest BCUT2D eigenvalue weighted by Gasteiger charge is 2.07. The number of hydrogen-bond acceptors (Lipinski definition) is 5. The smallest absolute Gasteiger partial charge is 0.332 e. The minimum absolute atomic E-state index is 0.172. The Balaban J connectivity index is 2.14. The summed E-state index contributed by atoms with van der Waals surface area (Å²) in [7, 11) is 0. The summed E-state index contributed by atoms with van der Waals surface area (Å²) in [5.41, 5.74) is 0.636. The summed E-state index contributed by atoms with van der Waals surface area (Å²) in [6.07, 6.45) is 4.00. The van der Waals surface area contributed by atoms with Gasteiger partial charge in [0.2, 0.25) is 0 Å². The molecule has 2 rings (SSSR count). The van der Waals surface area contributed by atoms with Crippen molar-refractivity contribution in [3.05, 3.63) is 34.8 Å². The van der Waals surface area contributed by atoms with Gasteiger partial charge >= 0.3 is 5.97 Å². The number of esters is 1. The minimum atomic E-state index is -0.447. The first-order chi connectivity index (χ1) is 9.94. The van der Waals surface area contributed by atoms with Crippen LogP contribution in [0.1, 0.15) is 13.8 Å². The van der Waals surface area contributed by atoms with Crippen molar-refractivity contribution >= 4 is 35.4 Å². The number of aromatic nitrogens is 4. The molecule has 2 aromatic heterocycles. The normalized spacial score (nSPS) is 11.3. The summed E-state index contributed by atoms with van der Waals surface area (Å²) in [5, 5.41) is 4.69. The van der Waals surface area contributed by atoms with Crippen LogP contribution < -0.4 is 0 Å². The lowest BCUT2D eigenvalue weighted by Gasteiger charge is -2.03. The lowest BCUT2D eigenvalue weighted by atomic mass is 10.2. The van der Waals surface area contributed by atoms with Gasteiger partial charge in [-0.25, -0.2) is 19.4 Å². The van der Waals surface area contributed by atoms with E-state index in [1.165, 1.54) is 23.3 Å². The van der Waals surface area contributed by atoms with E-state index in [9.17, 15) is 4.79 Å². The van der Waals surface area contributed by atoms with E-state index in [-0.39, 0.29) is 16.4 Å². The molecule has 0 N–H and O–H groups in total. The number of ether oxygens (including phenoxy) is 1. The predicted molar refractivity (Wildman–Crippen MR) is 79.8 cm³/mol. The van der Waals surface area contributed by atoms with Gasteiger partial charge in [0.1, 0.15) is 16.6 Å². The molecule has 0 aliphatic carbocycles. The molecule has 0 aliphatic heterocycles. The van der Waals surface area contributed by atoms with Crippen molar-refractivity contribution in [1.29, 1.82) is 0 Å². The second-order valence-electron chi connectivity index (χ2n) is 4.35. The van der Waals surface area contributed by atoms with Crippen LogP contribution in [0.3, 0.4) is 0 Å². The van der Waals surface area contributed by atoms with E-state index in [2.05, 4.69) is 15.1 Å². The average Bonchev–Trinajstić information content (AvgIpc) is 2.83. The molecule has 0 aliphatic rings. The first-order valence-corrected chi connectivity index (χ1v) is 6.83. The highest BCUT2D eigenvalue weighted by atomic mass is 35.5. The SMILES string of the molecule is CC(C)OC(=O)C=Cn1cnc(-c2cc(Cl)nc(Cl)c2)n1. The molecule has 110 valence electrons. The maximum absolute atomic E-state index is 11.4. The second-order valence-corrected chi connectivity index (χ2v) is 5.13. The molecule has 0 spiro atoms. The zero-order chi connectivity index (χ0) is 15.4. The molecule has 8 heteroatoms. The highest BCUT2D eigenvalue weighted by molar-refractivity contribution is 6.32. The van der Waals surface area contributed by atoms with Crippen molar-refractivity contribution in [2.24, 2.45) is 0 Å². The maximum Gasteiger partial charge on any atom is 0.332 e. The Labute approximate surface area is 131 Å². The lowest BCUT2D eigenvalue weighted by Crippen LogP contribution is -2.08. The van der Waals surface area contributed by atoms with Gasteiger partial charge in [-0.3, -0.25) is 0 Å². The van der Waals surface area contributed by atoms with Crippen LogP contribution in [0.15, 0.2) is 24.5 Å². The lowest BCUT2D eigenvalue weighted by molar-refractivity contribution is -0.141. The average molecular weight is 327 g/mol. The van der Waals surface area contributed by atoms with Gasteiger partial charge in [0.25, 0.3) is 0 Å². The Bertz CT molecular complexity index is 662. The van der Waals surface area contributed by atoms with Gasteiger partial charge in [-0.1, -0.05) is 23.2 Å². The molecular formula is C13H12Cl2N4O2. The van der Waals surface area contributed by atoms with Crippen LogP contribution in [0.4, 0.5) is 0 Å². The summed E-state index contributed by atoms with van der Waals surface area (Å²) < 4.78 is 6.35. The fourth-order valence-electron chi connectivity index (χ4n) is 1.48. The van der Waals surface area contributed by atoms with Gasteiger partial charge in [0.15, 0.2) is 5.82 Å². The molecular weight excluding hydrogens is 315 g/mol. The number of nitrogens with zero attached hydrogens (tertiary/aromatic N) is 4. The van der Waals surface area contributed by atoms with Crippen LogP contribution in [0, 0.1) is 0 Å². The van der Waals surface area contributed by atoms with E-state index in [4.69, 9.17) is 27.9 Å². The molecule has 0 saturated heterocycles. The minimum Gasteiger partial charge on any atom is -0.460 e. The van der Waals surface area contributed by atoms with Gasteiger partial charge in [0, 0.05) is 17.8 Å². The van der Waals surface area contributed by atoms with Crippen molar-refractivity contribution in [2.75, 3.05) is 0 Å². The molecule has 0 saturated carbocycles. The molecule has 0 amide bonds. The zero-order valence-corrected chi connectivity index (χ0v) is 12.8. The molecule has 0 radical (unpaired) electrons. The number of carbonyl (C=O) groups is 1. The summed E-state index contributed by atoms with van der Waals surface area (Å²) in [4.78, 5) is 19.3. The summed E-state index contributed by atoms with van der Waals surface area (Å²) >= 11 is 11.6. The Kier molecular flexibility index (Phi) is 4.93. The van der Waals surface area contributed by atoms with Gasteiger partial charge in [0.05, 0.1) is 6.10 Å². The molecule has 0 aromatic carbocycles. The third-order valence-corrected chi connectivity index (χ3v) is 2.63. The van der Waals surface area contributed by atoms with Crippen molar-refractivity contribution in [3.63, 3.8) is 0 Å². The van der Waals surface area contributed by atoms with Gasteiger partial charge in [-0.15, -0.1) is 5.10 Å². The predicted octanol–water partition coefficient (Wildman–Crippen LogP) is 3.07. The summed E-state index contributed by atoms with van der Waals surface area (Å²) in [6, 6.07) is 3.20. The molecule has 0 bridgehead atoms. The van der Waals surface area contributed by atoms with Crippen molar-refractivity contribution in [3.8, 4) is 11.4 Å². The first-order valence-electron chi connectivity index (χ1n) is 6.07. The van der Waals surface area contributed by atoms with Crippen LogP contribution in [-0.4, -0.2) is 31.8 Å². The number of halogens is 2. The second kappa shape index (κ2) is 6.69. The van der Waals surface area contributed by atoms with Gasteiger partial charge in [-0.2, -0.15) is 0 Å². The summed E-state index contributed by atoms with van der Waals surface area (Å²) in [5.74, 6) is -0.0277. The van der Waals surface area contributed by atoms with E-state index in [1.807, 2.05) is 0 Å². The monoisotopic (exact) mass is 326 g/mol. The van der Waals surface area contributed by atoms with E-state index in [0.717, 1.165) is 0 Å². The zero-order valence-electron chi connectivity index (χ0n) is 11.3. The largest absolute Gasteiger partial charge is 0.460 e. The van der Waals surface area contributed by atoms with E-state index in [1.54, 1.807) is 26.0 Å². The number of carbonyl (C=O) groups excluding carboxylic acids is 1. The number of hydrogen-bond donors (Lipinski definition) is 0. The van der Waals surface area contributed by atoms with Crippen molar-refractivity contribution < 1.29 is 9.53 Å². The van der Waals surface area contributed by atoms with E-state index >= 15 is 0 Å². The Morgan fingerprint density at radius 3 is 2.62 bits per heavy atom. The highest BCUT2D eigenvalue weighted by Crippen LogP contribution is 2.21. The molecule has 0 atom stereocenters. The molecule has 6 nitrogen and oxygen atoms in total. The molecule has 2 heterocycles. The Morgan fingerprint density at radius 2 is 2.00 bits per heavy atom. The van der Waals surface area contributed by atoms with Crippen molar-refractivity contribution in [1.82, 2.24) is 19.7 Å². The molecule has 21 heavy (non-hydrogen) atoms. The van der Waals surface area contributed by atoms with Crippen LogP contribution >= 0.6 is 23.2 Å². The fourth-order valence-corrected chi connectivity index (χ4v) is 1.94. The van der Waals surface area contributed by atoms with Crippen LogP contribution in [0.5, 0.6) is 0 Å². The van der Waals surface area contributed by atoms with Crippen LogP contribution in [-0.2, 0) is 9.53 Å². The standard InChI is InChI=1S/C13H12Cl2N4O2/c1-8(2)21-12(20)3-4-19-7-16-13(18-19)9-5-10(14)17-11(15)6-9/h3-8H,1-2H3. The quantitative estimate of drug-likeness (QED) is 0.490. The maximum atomic E-state index is 11.4. The van der Waals surface area contributed by atoms with E-state index in [0.29, 0.717) is 11.4 Å². The fraction of sp³-hybridized carbons (Fsp3) is 0.231. The summed E-state index contributed by atoms with van der Waals surface area (Å²) in [6.45, 7) is 3.55. The topological polar surface area (TPSA) is 69.9 Å². The molecule has 0 fully saturated rings. The van der Waals surface area contributed by atoms with E-state index < -0.39 is 5.97 Å². The van der Waals surface area contributed by atoms with Gasteiger partial charge in [-0.05, 0) is 26.0 Å². The number of pyridine rings is 1. The number of rotatable bonds is 4. The Morgan fingerprint density at radius 1 is 1.33 bits per heavy atom. The third kappa shape index (κ3) is 4.54. The van der Waals surface area contributed by atoms with Crippen molar-refractivity contribution in [2.45, 2.75) is 20.0 Å². The van der Waals surface area contributed by atoms with Gasteiger partial charge < -0.3 is 4.74 Å².